The summed E-state index contributed by atoms with van der Waals surface area (Å²) in [5.74, 6) is 4.20. The second-order valence-electron chi connectivity index (χ2n) is 37.7. The van der Waals surface area contributed by atoms with E-state index in [1.807, 2.05) is 158 Å². The Morgan fingerprint density at radius 1 is 0.305 bits per heavy atom. The molecule has 0 radical (unpaired) electrons. The van der Waals surface area contributed by atoms with Gasteiger partial charge in [0.15, 0.2) is 5.82 Å². The Balaban J connectivity index is 0.000000765. The summed E-state index contributed by atoms with van der Waals surface area (Å²) in [7, 11) is -24.6. The second kappa shape index (κ2) is 51.0. The van der Waals surface area contributed by atoms with Crippen molar-refractivity contribution in [2.45, 2.75) is 352 Å². The van der Waals surface area contributed by atoms with E-state index >= 15 is 0 Å². The third-order valence-electron chi connectivity index (χ3n) is 18.7. The molecule has 0 amide bonds. The van der Waals surface area contributed by atoms with Gasteiger partial charge in [0, 0.05) is 50.8 Å². The first kappa shape index (κ1) is 126. The zero-order valence-corrected chi connectivity index (χ0v) is 95.6. The number of hydrogen-bond acceptors (Lipinski definition) is 13. The van der Waals surface area contributed by atoms with E-state index < -0.39 is 103 Å². The summed E-state index contributed by atoms with van der Waals surface area (Å²) in [5, 5.41) is 2.85. The molecule has 131 heavy (non-hydrogen) atoms. The van der Waals surface area contributed by atoms with Gasteiger partial charge < -0.3 is 0 Å². The van der Waals surface area contributed by atoms with Crippen molar-refractivity contribution in [3.8, 4) is 0 Å². The Morgan fingerprint density at radius 3 is 0.855 bits per heavy atom. The number of sulfonamides is 6. The summed E-state index contributed by atoms with van der Waals surface area (Å²) in [4.78, 5) is 0.551. The van der Waals surface area contributed by atoms with Gasteiger partial charge in [0.1, 0.15) is 19.6 Å². The van der Waals surface area contributed by atoms with Crippen molar-refractivity contribution in [3.63, 3.8) is 0 Å². The van der Waals surface area contributed by atoms with Gasteiger partial charge in [-0.2, -0.15) is 0 Å². The maximum absolute atomic E-state index is 14.0. The largest absolute Gasteiger partial charge is 0.248 e. The molecule has 7 aromatic rings. The molecule has 7 N–H and O–H groups in total. The molecule has 0 aliphatic heterocycles. The van der Waals surface area contributed by atoms with Gasteiger partial charge in [-0.25, -0.2) is 92.2 Å². The molecule has 20 nitrogen and oxygen atoms in total. The van der Waals surface area contributed by atoms with Crippen molar-refractivity contribution in [2.24, 2.45) is 0 Å². The minimum atomic E-state index is -3.86. The fraction of sp³-hybridized carbons (Fsp3) is 0.533. The molecule has 0 spiro atoms. The highest BCUT2D eigenvalue weighted by atomic mass is 35.5. The first-order valence-corrected chi connectivity index (χ1v) is 57.0. The third kappa shape index (κ3) is 37.6. The molecule has 744 valence electrons. The Kier molecular flexibility index (Phi) is 49.1. The van der Waals surface area contributed by atoms with Crippen LogP contribution in [0.1, 0.15) is 318 Å². The highest BCUT2D eigenvalue weighted by molar-refractivity contribution is 7.98. The van der Waals surface area contributed by atoms with Crippen LogP contribution in [0.4, 0.5) is 4.39 Å². The lowest BCUT2D eigenvalue weighted by atomic mass is 9.98. The Labute approximate surface area is 841 Å². The van der Waals surface area contributed by atoms with E-state index in [0.29, 0.717) is 64.7 Å². The quantitative estimate of drug-likeness (QED) is 0.0248. The summed E-state index contributed by atoms with van der Waals surface area (Å²) in [6, 6.07) is 20.8. The van der Waals surface area contributed by atoms with Crippen LogP contribution in [0.25, 0.3) is 0 Å². The van der Waals surface area contributed by atoms with Crippen molar-refractivity contribution < 1.29 is 59.1 Å². The molecule has 1 atom stereocenters. The third-order valence-corrected chi connectivity index (χ3v) is 36.7. The van der Waals surface area contributed by atoms with Crippen LogP contribution in [-0.4, -0.2) is 101 Å². The van der Waals surface area contributed by atoms with Gasteiger partial charge in [-0.15, -0.1) is 0 Å². The summed E-state index contributed by atoms with van der Waals surface area (Å²) in [6.07, 6.45) is 0.711. The lowest BCUT2D eigenvalue weighted by molar-refractivity contribution is 0.439. The molecule has 0 fully saturated rings. The molecule has 39 heteroatoms. The second-order valence-corrected chi connectivity index (χ2v) is 53.9. The van der Waals surface area contributed by atoms with E-state index in [9.17, 15) is 59.1 Å². The lowest BCUT2D eigenvalue weighted by Crippen LogP contribution is -2.42. The monoisotopic (exact) mass is 2180 g/mol. The van der Waals surface area contributed by atoms with Crippen LogP contribution in [-0.2, 0) is 69.8 Å². The first-order chi connectivity index (χ1) is 58.9. The fourth-order valence-corrected chi connectivity index (χ4v) is 27.9. The van der Waals surface area contributed by atoms with Crippen molar-refractivity contribution in [1.82, 2.24) is 33.1 Å². The fourth-order valence-electron chi connectivity index (χ4n) is 12.2. The van der Waals surface area contributed by atoms with Gasteiger partial charge in [0.2, 0.25) is 60.1 Å². The van der Waals surface area contributed by atoms with Crippen molar-refractivity contribution in [2.75, 3.05) is 6.54 Å². The van der Waals surface area contributed by atoms with E-state index in [-0.39, 0.29) is 103 Å². The molecule has 0 bridgehead atoms. The molecule has 0 saturated carbocycles. The van der Waals surface area contributed by atoms with Crippen molar-refractivity contribution in [3.05, 3.63) is 196 Å². The van der Waals surface area contributed by atoms with E-state index in [4.69, 9.17) is 128 Å². The van der Waals surface area contributed by atoms with Crippen LogP contribution in [0.2, 0.25) is 55.2 Å². The van der Waals surface area contributed by atoms with Crippen LogP contribution in [0, 0.1) is 26.6 Å². The number of rotatable bonds is 26. The Bertz CT molecular complexity index is 5780. The van der Waals surface area contributed by atoms with E-state index in [1.54, 1.807) is 138 Å². The molecule has 7 aromatic carbocycles. The van der Waals surface area contributed by atoms with Gasteiger partial charge in [0.25, 0.3) is 0 Å². The maximum Gasteiger partial charge on any atom is 0.244 e. The molecule has 0 aromatic heterocycles. The van der Waals surface area contributed by atoms with Crippen LogP contribution in [0.3, 0.4) is 0 Å². The number of nitrogens with one attached hydrogen (secondary N) is 7. The maximum atomic E-state index is 14.0. The Morgan fingerprint density at radius 2 is 0.557 bits per heavy atom. The zero-order chi connectivity index (χ0) is 103. The minimum absolute atomic E-state index is 0.0125. The summed E-state index contributed by atoms with van der Waals surface area (Å²) in [5.41, 5.74) is 5.89. The average molecular weight is 2180 g/mol. The molecule has 0 saturated heterocycles. The summed E-state index contributed by atoms with van der Waals surface area (Å²) in [6.45, 7) is 64.1. The van der Waals surface area contributed by atoms with Crippen molar-refractivity contribution >= 4 is 203 Å². The SMILES string of the molecule is C=S(=O)(NCC)c1ccc(C(C)C)c(Cl)c1Cl.CC(C)NS(=O)(=O)c1ccc(C(C)C)c(Cl)c1Cl.CC(C)NS(=O)(=O)c1ccc(C(C)C)c(Cl)c1F.CC(C)c1ccc(S(=O)(=O)NC(C)(C)C)c(Cl)c1Cl.CCC(C)(C)NS(=O)(=O)c1ccc(C(C)C)c(Cl)c1C.Cc1c(C(C)C)cc(Cl)c(S(=O)(=O)NC(C)(C)C)c1Cl.Cc1c(S(=O)(=O)NC(C)(C)C)ccc(C(C)C)c1Cl. The minimum Gasteiger partial charge on any atom is -0.248 e. The zero-order valence-electron chi connectivity index (χ0n) is 81.5. The molecular weight excluding hydrogens is 2040 g/mol. The molecule has 0 aliphatic rings. The molecule has 7 rings (SSSR count). The van der Waals surface area contributed by atoms with Gasteiger partial charge in [-0.1, -0.05) is 275 Å². The average Bonchev–Trinajstić information content (AvgIpc) is 0.831. The van der Waals surface area contributed by atoms with Crippen LogP contribution in [0.15, 0.2) is 113 Å². The van der Waals surface area contributed by atoms with E-state index in [2.05, 4.69) is 38.9 Å². The van der Waals surface area contributed by atoms with Gasteiger partial charge >= 0.3 is 0 Å². The van der Waals surface area contributed by atoms with Crippen LogP contribution < -0.4 is 33.1 Å². The molecule has 0 heterocycles. The van der Waals surface area contributed by atoms with E-state index in [1.165, 1.54) is 18.2 Å². The van der Waals surface area contributed by atoms with Gasteiger partial charge in [-0.3, -0.25) is 0 Å². The van der Waals surface area contributed by atoms with Crippen molar-refractivity contribution in [1.29, 1.82) is 0 Å². The predicted molar refractivity (Wildman–Crippen MR) is 556 cm³/mol. The normalized spacial score (nSPS) is 13.1. The highest BCUT2D eigenvalue weighted by Crippen LogP contribution is 2.42. The van der Waals surface area contributed by atoms with Gasteiger partial charge in [0.05, 0.1) is 69.6 Å². The topological polar surface area (TPSA) is 306 Å². The van der Waals surface area contributed by atoms with Crippen LogP contribution in [0.5, 0.6) is 0 Å². The smallest absolute Gasteiger partial charge is 0.244 e. The summed E-state index contributed by atoms with van der Waals surface area (Å²) >= 11 is 67.7. The van der Waals surface area contributed by atoms with Crippen LogP contribution >= 0.6 is 128 Å². The standard InChI is InChI=1S/C15H24ClNO2S.C14H21Cl2NO2S.C14H22ClNO2S.C13H19Cl2NO2S.C12H17Cl2NO2S.C12H17Cl2NOS.C12H17ClFNO2S/c1-7-15(5,6)17-20(18,19)13-9-8-12(10(2)3)14(16)11(13)4;1-8(2)10-7-11(15)13(12(16)9(10)3)20(18,19)17-14(4,5)6;1-9(2)11-7-8-12(10(3)13(11)15)19(17,18)16-14(4,5)6;1-8(2)9-6-7-10(12(15)11(9)14)19(17,18)16-13(3,4)5;1-7(2)9-5-6-10(12(14)11(9)13)18(16,17)15-8(3)4;1-5-15-17(4,16)10-7-6-9(8(2)3)11(13)12(10)14;1-7(2)9-5-6-10(12(14)11(9)13)18(16,17)15-8(3)4/h8-10,17H,7H2,1-6H3;7-8,17H,1-6H3;7-9,16H,1-6H3;6-8,16H,1-5H3;5-8,15H,1-4H3;6-8H,4-5H2,1-3H3,(H,15,16);5-8,15H,1-4H3. The Hall–Kier alpha value is -2.90. The lowest BCUT2D eigenvalue weighted by Gasteiger charge is -2.25. The molecule has 1 unspecified atom stereocenters. The number of hydrogen-bond donors (Lipinski definition) is 7. The molecule has 0 aliphatic carbocycles. The predicted octanol–water partition coefficient (Wildman–Crippen LogP) is 27.6. The number of benzene rings is 7. The summed E-state index contributed by atoms with van der Waals surface area (Å²) < 4.78 is 191. The van der Waals surface area contributed by atoms with E-state index in [0.717, 1.165) is 38.9 Å². The molecular formula is C92H137Cl11FN7O13S7. The highest BCUT2D eigenvalue weighted by Gasteiger charge is 2.34. The van der Waals surface area contributed by atoms with Gasteiger partial charge in [-0.05, 0) is 276 Å². The first-order valence-electron chi connectivity index (χ1n) is 42.2. The number of halogens is 12.